The molecule has 4 rings (SSSR count). The van der Waals surface area contributed by atoms with Crippen molar-refractivity contribution in [2.45, 2.75) is 50.5 Å². The van der Waals surface area contributed by atoms with Crippen molar-refractivity contribution in [3.05, 3.63) is 108 Å². The quantitative estimate of drug-likeness (QED) is 0.398. The fourth-order valence-corrected chi connectivity index (χ4v) is 4.03. The van der Waals surface area contributed by atoms with Gasteiger partial charge in [-0.2, -0.15) is 0 Å². The van der Waals surface area contributed by atoms with E-state index in [0.29, 0.717) is 13.2 Å². The average molecular weight is 479 g/mol. The lowest BCUT2D eigenvalue weighted by atomic mass is 9.98. The summed E-state index contributed by atoms with van der Waals surface area (Å²) < 4.78 is 29.4. The minimum Gasteiger partial charge on any atom is -0.456 e. The Labute approximate surface area is 205 Å². The van der Waals surface area contributed by atoms with Crippen molar-refractivity contribution < 1.29 is 33.6 Å². The van der Waals surface area contributed by atoms with E-state index in [1.165, 1.54) is 0 Å². The maximum atomic E-state index is 11.2. The van der Waals surface area contributed by atoms with E-state index in [1.54, 1.807) is 0 Å². The van der Waals surface area contributed by atoms with E-state index in [4.69, 9.17) is 23.7 Å². The average Bonchev–Trinajstić information content (AvgIpc) is 2.90. The summed E-state index contributed by atoms with van der Waals surface area (Å²) in [6.45, 7) is 1.37. The smallest absolute Gasteiger partial charge is 0.293 e. The fourth-order valence-electron chi connectivity index (χ4n) is 4.03. The van der Waals surface area contributed by atoms with Gasteiger partial charge in [0.05, 0.1) is 26.4 Å². The number of aliphatic hydroxyl groups excluding tert-OH is 1. The fraction of sp³-hybridized carbons (Fsp3) is 0.321. The highest BCUT2D eigenvalue weighted by molar-refractivity contribution is 5.38. The van der Waals surface area contributed by atoms with E-state index in [2.05, 4.69) is 0 Å². The first-order valence-electron chi connectivity index (χ1n) is 11.6. The molecular formula is C28H30O7. The van der Waals surface area contributed by atoms with E-state index in [1.807, 2.05) is 91.0 Å². The molecular weight excluding hydrogens is 448 g/mol. The number of ether oxygens (including phenoxy) is 5. The summed E-state index contributed by atoms with van der Waals surface area (Å²) in [5, 5.41) is 10.7. The van der Waals surface area contributed by atoms with Gasteiger partial charge in [0.15, 0.2) is 12.4 Å². The van der Waals surface area contributed by atoms with Crippen LogP contribution in [0.1, 0.15) is 16.7 Å². The lowest BCUT2D eigenvalue weighted by Crippen LogP contribution is -2.61. The largest absolute Gasteiger partial charge is 0.456 e. The monoisotopic (exact) mass is 478 g/mol. The molecule has 0 aromatic heterocycles. The summed E-state index contributed by atoms with van der Waals surface area (Å²) >= 11 is 0. The van der Waals surface area contributed by atoms with Crippen LogP contribution in [0.5, 0.6) is 0 Å². The van der Waals surface area contributed by atoms with Crippen molar-refractivity contribution in [3.63, 3.8) is 0 Å². The summed E-state index contributed by atoms with van der Waals surface area (Å²) in [7, 11) is 0. The van der Waals surface area contributed by atoms with Gasteiger partial charge < -0.3 is 28.8 Å². The summed E-state index contributed by atoms with van der Waals surface area (Å²) in [6.07, 6.45) is -4.53. The Kier molecular flexibility index (Phi) is 9.39. The van der Waals surface area contributed by atoms with Gasteiger partial charge in [-0.1, -0.05) is 91.0 Å². The molecule has 0 unspecified atom stereocenters. The molecule has 0 radical (unpaired) electrons. The minimum atomic E-state index is -1.39. The Morgan fingerprint density at radius 2 is 1.17 bits per heavy atom. The van der Waals surface area contributed by atoms with Gasteiger partial charge in [-0.05, 0) is 16.7 Å². The van der Waals surface area contributed by atoms with Gasteiger partial charge in [0.25, 0.3) is 6.47 Å². The second kappa shape index (κ2) is 13.1. The zero-order valence-corrected chi connectivity index (χ0v) is 19.3. The number of aliphatic hydroxyl groups is 1. The first kappa shape index (κ1) is 25.0. The van der Waals surface area contributed by atoms with Crippen LogP contribution >= 0.6 is 0 Å². The molecule has 1 aliphatic rings. The molecule has 0 bridgehead atoms. The van der Waals surface area contributed by atoms with E-state index in [9.17, 15) is 9.90 Å². The zero-order chi connectivity index (χ0) is 24.3. The van der Waals surface area contributed by atoms with Gasteiger partial charge in [-0.25, -0.2) is 0 Å². The Hall–Kier alpha value is -3.07. The molecule has 0 amide bonds. The predicted molar refractivity (Wildman–Crippen MR) is 128 cm³/mol. The lowest BCUT2D eigenvalue weighted by Gasteiger charge is -2.43. The van der Waals surface area contributed by atoms with E-state index < -0.39 is 30.7 Å². The number of hydrogen-bond donors (Lipinski definition) is 1. The maximum Gasteiger partial charge on any atom is 0.293 e. The first-order valence-corrected chi connectivity index (χ1v) is 11.6. The molecule has 35 heavy (non-hydrogen) atoms. The molecule has 0 aliphatic carbocycles. The van der Waals surface area contributed by atoms with Gasteiger partial charge >= 0.3 is 0 Å². The number of benzene rings is 3. The van der Waals surface area contributed by atoms with Crippen molar-refractivity contribution in [2.24, 2.45) is 0 Å². The number of carbonyl (C=O) groups is 1. The lowest BCUT2D eigenvalue weighted by molar-refractivity contribution is -0.307. The van der Waals surface area contributed by atoms with Crippen molar-refractivity contribution >= 4 is 6.47 Å². The molecule has 1 aliphatic heterocycles. The van der Waals surface area contributed by atoms with E-state index in [0.717, 1.165) is 16.7 Å². The van der Waals surface area contributed by atoms with Gasteiger partial charge in [-0.3, -0.25) is 4.79 Å². The van der Waals surface area contributed by atoms with Crippen LogP contribution in [-0.2, 0) is 48.3 Å². The van der Waals surface area contributed by atoms with Gasteiger partial charge in [-0.15, -0.1) is 0 Å². The molecule has 0 spiro atoms. The zero-order valence-electron chi connectivity index (χ0n) is 19.3. The number of hydrogen-bond acceptors (Lipinski definition) is 7. The van der Waals surface area contributed by atoms with E-state index >= 15 is 0 Å². The predicted octanol–water partition coefficient (Wildman–Crippen LogP) is 3.63. The highest BCUT2D eigenvalue weighted by atomic mass is 16.7. The second-order valence-corrected chi connectivity index (χ2v) is 8.29. The third-order valence-corrected chi connectivity index (χ3v) is 5.79. The maximum absolute atomic E-state index is 11.2. The first-order chi connectivity index (χ1) is 17.2. The van der Waals surface area contributed by atoms with Crippen LogP contribution in [0.4, 0.5) is 0 Å². The van der Waals surface area contributed by atoms with Crippen molar-refractivity contribution in [2.75, 3.05) is 6.61 Å². The summed E-state index contributed by atoms with van der Waals surface area (Å²) in [4.78, 5) is 11.2. The normalized spacial score (nSPS) is 24.1. The van der Waals surface area contributed by atoms with Crippen LogP contribution in [-0.4, -0.2) is 48.9 Å². The molecule has 1 fully saturated rings. The van der Waals surface area contributed by atoms with Crippen molar-refractivity contribution in [1.29, 1.82) is 0 Å². The van der Waals surface area contributed by atoms with E-state index in [-0.39, 0.29) is 19.7 Å². The number of carbonyl (C=O) groups excluding carboxylic acids is 1. The third kappa shape index (κ3) is 7.21. The Morgan fingerprint density at radius 3 is 1.69 bits per heavy atom. The van der Waals surface area contributed by atoms with Crippen molar-refractivity contribution in [1.82, 2.24) is 0 Å². The SMILES string of the molecule is O=CO[C@@H]1[C@@H](OCc2ccccc2)[C@@H](OCc2ccccc2)[C@@H](COCc2ccccc2)O[C@H]1O. The highest BCUT2D eigenvalue weighted by Crippen LogP contribution is 2.29. The molecule has 0 saturated carbocycles. The van der Waals surface area contributed by atoms with Gasteiger partial charge in [0, 0.05) is 0 Å². The summed E-state index contributed by atoms with van der Waals surface area (Å²) in [5.74, 6) is 0. The van der Waals surface area contributed by atoms with Crippen LogP contribution < -0.4 is 0 Å². The van der Waals surface area contributed by atoms with Crippen LogP contribution in [0.2, 0.25) is 0 Å². The minimum absolute atomic E-state index is 0.157. The Balaban J connectivity index is 1.51. The third-order valence-electron chi connectivity index (χ3n) is 5.79. The summed E-state index contributed by atoms with van der Waals surface area (Å²) in [5.41, 5.74) is 2.93. The molecule has 3 aromatic carbocycles. The molecule has 5 atom stereocenters. The Bertz CT molecular complexity index is 1000. The van der Waals surface area contributed by atoms with Crippen LogP contribution in [0.3, 0.4) is 0 Å². The molecule has 7 nitrogen and oxygen atoms in total. The summed E-state index contributed by atoms with van der Waals surface area (Å²) in [6, 6.07) is 29.1. The van der Waals surface area contributed by atoms with Gasteiger partial charge in [0.2, 0.25) is 0 Å². The molecule has 1 heterocycles. The van der Waals surface area contributed by atoms with Crippen molar-refractivity contribution in [3.8, 4) is 0 Å². The standard InChI is InChI=1S/C28H30O7/c29-20-34-27-26(33-18-23-14-8-3-9-15-23)25(32-17-22-12-6-2-7-13-22)24(35-28(27)30)19-31-16-21-10-4-1-5-11-21/h1-15,20,24-28,30H,16-19H2/t24-,25+,26+,27-,28-/m1/s1. The number of rotatable bonds is 12. The second-order valence-electron chi connectivity index (χ2n) is 8.29. The molecule has 7 heteroatoms. The van der Waals surface area contributed by atoms with Crippen LogP contribution in [0.15, 0.2) is 91.0 Å². The molecule has 3 aromatic rings. The molecule has 1 N–H and O–H groups in total. The van der Waals surface area contributed by atoms with Crippen LogP contribution in [0, 0.1) is 0 Å². The molecule has 1 saturated heterocycles. The Morgan fingerprint density at radius 1 is 0.686 bits per heavy atom. The van der Waals surface area contributed by atoms with Gasteiger partial charge in [0.1, 0.15) is 18.3 Å². The topological polar surface area (TPSA) is 83.5 Å². The van der Waals surface area contributed by atoms with Crippen LogP contribution in [0.25, 0.3) is 0 Å². The highest BCUT2D eigenvalue weighted by Gasteiger charge is 2.48. The molecule has 184 valence electrons.